The fraction of sp³-hybridized carbons (Fsp3) is 0.148. The number of halogens is 1. The number of amides is 3. The lowest BCUT2D eigenvalue weighted by Crippen LogP contribution is -2.32. The minimum absolute atomic E-state index is 0.0691. The molecule has 35 heavy (non-hydrogen) atoms. The van der Waals surface area contributed by atoms with Crippen LogP contribution in [0.25, 0.3) is 16.9 Å². The van der Waals surface area contributed by atoms with Gasteiger partial charge in [-0.15, -0.1) is 0 Å². The highest BCUT2D eigenvalue weighted by Gasteiger charge is 2.24. The van der Waals surface area contributed by atoms with Crippen LogP contribution in [0.15, 0.2) is 78.9 Å². The fourth-order valence-electron chi connectivity index (χ4n) is 4.48. The van der Waals surface area contributed by atoms with Crippen molar-refractivity contribution in [2.24, 2.45) is 5.73 Å². The van der Waals surface area contributed by atoms with Crippen molar-refractivity contribution in [3.8, 4) is 16.9 Å². The number of benzene rings is 3. The highest BCUT2D eigenvalue weighted by molar-refractivity contribution is 5.90. The van der Waals surface area contributed by atoms with E-state index in [1.807, 2.05) is 18.2 Å². The molecule has 0 fully saturated rings. The summed E-state index contributed by atoms with van der Waals surface area (Å²) < 4.78 is 16.0. The molecule has 1 aliphatic carbocycles. The molecule has 3 amide bonds. The molecule has 0 bridgehead atoms. The Morgan fingerprint density at radius 2 is 1.83 bits per heavy atom. The number of fused-ring (bicyclic) bond motifs is 1. The van der Waals surface area contributed by atoms with Gasteiger partial charge in [-0.25, -0.2) is 13.9 Å². The molecule has 176 valence electrons. The van der Waals surface area contributed by atoms with Crippen LogP contribution in [0.5, 0.6) is 0 Å². The van der Waals surface area contributed by atoms with Gasteiger partial charge >= 0.3 is 6.03 Å². The van der Waals surface area contributed by atoms with Crippen molar-refractivity contribution >= 4 is 17.8 Å². The number of hydrogen-bond donors (Lipinski definition) is 3. The van der Waals surface area contributed by atoms with Gasteiger partial charge < -0.3 is 11.1 Å². The van der Waals surface area contributed by atoms with Crippen molar-refractivity contribution < 1.29 is 14.0 Å². The number of aryl methyl sites for hydroxylation is 1. The molecule has 1 aliphatic rings. The van der Waals surface area contributed by atoms with Crippen molar-refractivity contribution in [2.75, 3.05) is 5.32 Å². The highest BCUT2D eigenvalue weighted by Crippen LogP contribution is 2.31. The minimum Gasteiger partial charge on any atom is -0.369 e. The maximum absolute atomic E-state index is 14.5. The van der Waals surface area contributed by atoms with Gasteiger partial charge in [0, 0.05) is 11.6 Å². The number of hydrogen-bond acceptors (Lipinski definition) is 3. The molecule has 0 radical (unpaired) electrons. The topological polar surface area (TPSA) is 102 Å². The molecule has 1 atom stereocenters. The second-order valence-corrected chi connectivity index (χ2v) is 8.51. The molecule has 5 rings (SSSR count). The summed E-state index contributed by atoms with van der Waals surface area (Å²) in [5.74, 6) is -0.509. The van der Waals surface area contributed by atoms with E-state index in [-0.39, 0.29) is 18.5 Å². The van der Waals surface area contributed by atoms with E-state index in [1.165, 1.54) is 16.3 Å². The largest absolute Gasteiger partial charge is 0.369 e. The van der Waals surface area contributed by atoms with E-state index in [0.717, 1.165) is 18.4 Å². The van der Waals surface area contributed by atoms with Crippen molar-refractivity contribution in [1.82, 2.24) is 15.1 Å². The second-order valence-electron chi connectivity index (χ2n) is 8.51. The molecule has 1 unspecified atom stereocenters. The third kappa shape index (κ3) is 4.77. The molecule has 7 nitrogen and oxygen atoms in total. The second kappa shape index (κ2) is 9.42. The van der Waals surface area contributed by atoms with Gasteiger partial charge in [-0.05, 0) is 53.8 Å². The van der Waals surface area contributed by atoms with E-state index in [9.17, 15) is 14.0 Å². The summed E-state index contributed by atoms with van der Waals surface area (Å²) in [7, 11) is 0. The first-order chi connectivity index (χ1) is 17.0. The lowest BCUT2D eigenvalue weighted by atomic mass is 10.1. The van der Waals surface area contributed by atoms with Crippen molar-refractivity contribution in [1.29, 1.82) is 0 Å². The number of carbonyl (C=O) groups is 2. The average Bonchev–Trinajstić information content (AvgIpc) is 3.43. The van der Waals surface area contributed by atoms with Crippen molar-refractivity contribution in [2.45, 2.75) is 25.3 Å². The van der Waals surface area contributed by atoms with Crippen LogP contribution >= 0.6 is 0 Å². The van der Waals surface area contributed by atoms with Crippen LogP contribution in [0.2, 0.25) is 0 Å². The fourth-order valence-corrected chi connectivity index (χ4v) is 4.48. The Kier molecular flexibility index (Phi) is 6.01. The van der Waals surface area contributed by atoms with Crippen LogP contribution in [0, 0.1) is 5.82 Å². The quantitative estimate of drug-likeness (QED) is 0.387. The Morgan fingerprint density at radius 1 is 1.03 bits per heavy atom. The first-order valence-electron chi connectivity index (χ1n) is 11.4. The lowest BCUT2D eigenvalue weighted by Gasteiger charge is -2.15. The number of aromatic nitrogens is 2. The maximum Gasteiger partial charge on any atom is 0.320 e. The summed E-state index contributed by atoms with van der Waals surface area (Å²) in [5.41, 5.74) is 9.68. The summed E-state index contributed by atoms with van der Waals surface area (Å²) in [6.45, 7) is 0. The van der Waals surface area contributed by atoms with Gasteiger partial charge in [0.2, 0.25) is 5.91 Å². The normalized spacial score (nSPS) is 14.4. The predicted octanol–water partition coefficient (Wildman–Crippen LogP) is 4.52. The van der Waals surface area contributed by atoms with E-state index in [0.29, 0.717) is 28.3 Å². The molecule has 0 aliphatic heterocycles. The smallest absolute Gasteiger partial charge is 0.320 e. The molecular formula is C27H24FN5O2. The third-order valence-electron chi connectivity index (χ3n) is 6.07. The van der Waals surface area contributed by atoms with Gasteiger partial charge in [0.05, 0.1) is 23.8 Å². The van der Waals surface area contributed by atoms with Crippen molar-refractivity contribution in [3.05, 3.63) is 101 Å². The minimum atomic E-state index is -0.454. The number of primary amides is 1. The van der Waals surface area contributed by atoms with Gasteiger partial charge in [0.1, 0.15) is 11.6 Å². The Hall–Kier alpha value is -4.46. The molecule has 0 saturated heterocycles. The maximum atomic E-state index is 14.5. The molecule has 4 N–H and O–H groups in total. The Balaban J connectivity index is 1.47. The summed E-state index contributed by atoms with van der Waals surface area (Å²) in [6.07, 6.45) is 1.80. The lowest BCUT2D eigenvalue weighted by molar-refractivity contribution is -0.117. The monoisotopic (exact) mass is 469 g/mol. The number of nitrogens with zero attached hydrogens (tertiary/aromatic N) is 2. The van der Waals surface area contributed by atoms with Crippen LogP contribution in [-0.2, 0) is 17.6 Å². The Bertz CT molecular complexity index is 1410. The zero-order valence-electron chi connectivity index (χ0n) is 18.9. The van der Waals surface area contributed by atoms with Crippen LogP contribution in [-0.4, -0.2) is 21.7 Å². The van der Waals surface area contributed by atoms with Gasteiger partial charge in [-0.3, -0.25) is 10.1 Å². The van der Waals surface area contributed by atoms with Gasteiger partial charge in [0.25, 0.3) is 0 Å². The molecule has 8 heteroatoms. The standard InChI is InChI=1S/C27H24FN5O2/c28-22-11-4-3-10-21(22)24-16-26(33(32-24)19-8-5-6-17(14-19)15-25(29)34)31-27(35)30-23-13-12-18-7-1-2-9-20(18)23/h1-11,14,16,23H,12-13,15H2,(H2,29,34)(H2,30,31,35). The number of nitrogens with two attached hydrogens (primary N) is 1. The molecule has 3 aromatic carbocycles. The van der Waals surface area contributed by atoms with E-state index < -0.39 is 11.7 Å². The van der Waals surface area contributed by atoms with Gasteiger partial charge in [-0.2, -0.15) is 5.10 Å². The van der Waals surface area contributed by atoms with E-state index >= 15 is 0 Å². The van der Waals surface area contributed by atoms with Crippen LogP contribution < -0.4 is 16.4 Å². The summed E-state index contributed by atoms with van der Waals surface area (Å²) in [4.78, 5) is 24.4. The van der Waals surface area contributed by atoms with Crippen LogP contribution in [0.4, 0.5) is 15.0 Å². The van der Waals surface area contributed by atoms with E-state index in [4.69, 9.17) is 5.73 Å². The van der Waals surface area contributed by atoms with E-state index in [1.54, 1.807) is 48.5 Å². The molecule has 0 spiro atoms. The van der Waals surface area contributed by atoms with Gasteiger partial charge in [-0.1, -0.05) is 48.5 Å². The van der Waals surface area contributed by atoms with Gasteiger partial charge in [0.15, 0.2) is 0 Å². The highest BCUT2D eigenvalue weighted by atomic mass is 19.1. The number of carbonyl (C=O) groups excluding carboxylic acids is 2. The Morgan fingerprint density at radius 3 is 2.66 bits per heavy atom. The predicted molar refractivity (Wildman–Crippen MR) is 132 cm³/mol. The average molecular weight is 470 g/mol. The first kappa shape index (κ1) is 22.3. The summed E-state index contributed by atoms with van der Waals surface area (Å²) >= 11 is 0. The number of anilines is 1. The summed E-state index contributed by atoms with van der Waals surface area (Å²) in [5, 5.41) is 10.5. The molecule has 1 aromatic heterocycles. The molecule has 1 heterocycles. The van der Waals surface area contributed by atoms with Crippen LogP contribution in [0.3, 0.4) is 0 Å². The number of nitrogens with one attached hydrogen (secondary N) is 2. The zero-order chi connectivity index (χ0) is 24.4. The first-order valence-corrected chi connectivity index (χ1v) is 11.4. The zero-order valence-corrected chi connectivity index (χ0v) is 18.9. The number of urea groups is 1. The third-order valence-corrected chi connectivity index (χ3v) is 6.07. The van der Waals surface area contributed by atoms with Crippen LogP contribution in [0.1, 0.15) is 29.2 Å². The SMILES string of the molecule is NC(=O)Cc1cccc(-n2nc(-c3ccccc3F)cc2NC(=O)NC2CCc3ccccc32)c1. The molecule has 0 saturated carbocycles. The number of rotatable bonds is 6. The summed E-state index contributed by atoms with van der Waals surface area (Å²) in [6, 6.07) is 22.6. The molecule has 4 aromatic rings. The van der Waals surface area contributed by atoms with E-state index in [2.05, 4.69) is 21.8 Å². The molecular weight excluding hydrogens is 445 g/mol. The van der Waals surface area contributed by atoms with Crippen molar-refractivity contribution in [3.63, 3.8) is 0 Å². The Labute approximate surface area is 201 Å².